The molecule has 24 heavy (non-hydrogen) atoms. The van der Waals surface area contributed by atoms with Gasteiger partial charge < -0.3 is 4.90 Å². The monoisotopic (exact) mass is 318 g/mol. The highest BCUT2D eigenvalue weighted by Crippen LogP contribution is 2.27. The van der Waals surface area contributed by atoms with E-state index in [1.54, 1.807) is 18.0 Å². The van der Waals surface area contributed by atoms with Crippen LogP contribution < -0.4 is 4.90 Å². The second-order valence-electron chi connectivity index (χ2n) is 5.70. The lowest BCUT2D eigenvalue weighted by atomic mass is 9.98. The zero-order valence-electron chi connectivity index (χ0n) is 13.7. The van der Waals surface area contributed by atoms with Crippen molar-refractivity contribution < 1.29 is 9.59 Å². The summed E-state index contributed by atoms with van der Waals surface area (Å²) in [6.45, 7) is 1.63. The number of benzene rings is 2. The van der Waals surface area contributed by atoms with Crippen LogP contribution in [0.2, 0.25) is 0 Å². The Morgan fingerprint density at radius 2 is 1.92 bits per heavy atom. The van der Waals surface area contributed by atoms with Gasteiger partial charge in [-0.1, -0.05) is 48.5 Å². The maximum absolute atomic E-state index is 12.3. The van der Waals surface area contributed by atoms with Crippen molar-refractivity contribution in [3.63, 3.8) is 0 Å². The van der Waals surface area contributed by atoms with E-state index in [9.17, 15) is 9.59 Å². The van der Waals surface area contributed by atoms with E-state index in [2.05, 4.69) is 4.99 Å². The molecule has 0 radical (unpaired) electrons. The molecule has 2 aromatic carbocycles. The second kappa shape index (κ2) is 6.62. The zero-order valence-corrected chi connectivity index (χ0v) is 13.7. The lowest BCUT2D eigenvalue weighted by molar-refractivity contribution is -0.117. The molecular weight excluding hydrogens is 300 g/mol. The van der Waals surface area contributed by atoms with Crippen LogP contribution >= 0.6 is 0 Å². The van der Waals surface area contributed by atoms with E-state index in [1.807, 2.05) is 48.5 Å². The molecule has 0 fully saturated rings. The van der Waals surface area contributed by atoms with Gasteiger partial charge in [0.05, 0.1) is 11.4 Å². The van der Waals surface area contributed by atoms with Crippen LogP contribution in [-0.4, -0.2) is 31.0 Å². The summed E-state index contributed by atoms with van der Waals surface area (Å²) in [5, 5.41) is 0. The molecule has 4 nitrogen and oxygen atoms in total. The van der Waals surface area contributed by atoms with Gasteiger partial charge in [0.2, 0.25) is 5.91 Å². The minimum atomic E-state index is -0.0603. The second-order valence-corrected chi connectivity index (χ2v) is 5.70. The Bertz CT molecular complexity index is 851. The highest BCUT2D eigenvalue weighted by molar-refractivity contribution is 6.19. The molecule has 2 aromatic rings. The molecule has 0 atom stereocenters. The number of likely N-dealkylation sites (N-methyl/N-ethyl adjacent to an activating group) is 1. The predicted octanol–water partition coefficient (Wildman–Crippen LogP) is 3.10. The van der Waals surface area contributed by atoms with Gasteiger partial charge in [-0.3, -0.25) is 14.6 Å². The van der Waals surface area contributed by atoms with Gasteiger partial charge in [-0.05, 0) is 24.6 Å². The van der Waals surface area contributed by atoms with E-state index in [-0.39, 0.29) is 18.2 Å². The topological polar surface area (TPSA) is 49.7 Å². The molecule has 0 aromatic heterocycles. The van der Waals surface area contributed by atoms with Crippen LogP contribution in [0.4, 0.5) is 5.69 Å². The van der Waals surface area contributed by atoms with Crippen LogP contribution in [0.1, 0.15) is 23.6 Å². The first kappa shape index (κ1) is 15.9. The number of hydrogen-bond donors (Lipinski definition) is 0. The molecule has 0 saturated carbocycles. The Morgan fingerprint density at radius 1 is 1.17 bits per heavy atom. The van der Waals surface area contributed by atoms with Crippen molar-refractivity contribution in [3.8, 4) is 0 Å². The summed E-state index contributed by atoms with van der Waals surface area (Å²) in [5.74, 6) is -0.0733. The zero-order chi connectivity index (χ0) is 17.1. The fourth-order valence-electron chi connectivity index (χ4n) is 2.66. The van der Waals surface area contributed by atoms with Crippen molar-refractivity contribution in [1.29, 1.82) is 0 Å². The number of hydrogen-bond acceptors (Lipinski definition) is 3. The predicted molar refractivity (Wildman–Crippen MR) is 96.5 cm³/mol. The average Bonchev–Trinajstić information content (AvgIpc) is 2.72. The van der Waals surface area contributed by atoms with Crippen molar-refractivity contribution in [3.05, 3.63) is 71.3 Å². The quantitative estimate of drug-likeness (QED) is 0.817. The van der Waals surface area contributed by atoms with Crippen molar-refractivity contribution in [2.24, 2.45) is 4.99 Å². The van der Waals surface area contributed by atoms with E-state index in [0.29, 0.717) is 0 Å². The third-order valence-electron chi connectivity index (χ3n) is 3.94. The summed E-state index contributed by atoms with van der Waals surface area (Å²) >= 11 is 0. The highest BCUT2D eigenvalue weighted by Gasteiger charge is 2.22. The molecule has 0 saturated heterocycles. The summed E-state index contributed by atoms with van der Waals surface area (Å²) < 4.78 is 0. The van der Waals surface area contributed by atoms with Crippen LogP contribution in [0.5, 0.6) is 0 Å². The molecule has 1 heterocycles. The van der Waals surface area contributed by atoms with E-state index >= 15 is 0 Å². The van der Waals surface area contributed by atoms with Gasteiger partial charge in [-0.15, -0.1) is 0 Å². The molecule has 1 aliphatic rings. The van der Waals surface area contributed by atoms with Crippen molar-refractivity contribution >= 4 is 29.2 Å². The number of benzodiazepines with no additional fused rings is 1. The Balaban J connectivity index is 2.13. The average molecular weight is 318 g/mol. The summed E-state index contributed by atoms with van der Waals surface area (Å²) in [7, 11) is 1.75. The molecule has 0 unspecified atom stereocenters. The highest BCUT2D eigenvalue weighted by atomic mass is 16.2. The minimum Gasteiger partial charge on any atom is -0.313 e. The SMILES string of the molecule is CC(=O)/C=C/c1ccc2c(c1)N(C)C(=O)CN=C2c1ccccc1. The van der Waals surface area contributed by atoms with E-state index in [4.69, 9.17) is 0 Å². The van der Waals surface area contributed by atoms with Crippen LogP contribution in [0.15, 0.2) is 59.6 Å². The fourth-order valence-corrected chi connectivity index (χ4v) is 2.66. The van der Waals surface area contributed by atoms with E-state index in [1.165, 1.54) is 13.0 Å². The maximum Gasteiger partial charge on any atom is 0.248 e. The summed E-state index contributed by atoms with van der Waals surface area (Å²) in [4.78, 5) is 29.6. The maximum atomic E-state index is 12.3. The lowest BCUT2D eigenvalue weighted by Gasteiger charge is -2.18. The van der Waals surface area contributed by atoms with Crippen molar-refractivity contribution in [1.82, 2.24) is 0 Å². The van der Waals surface area contributed by atoms with Crippen molar-refractivity contribution in [2.45, 2.75) is 6.92 Å². The number of aliphatic imine (C=N–C) groups is 1. The smallest absolute Gasteiger partial charge is 0.248 e. The Hall–Kier alpha value is -3.01. The molecule has 0 spiro atoms. The normalized spacial score (nSPS) is 14.3. The van der Waals surface area contributed by atoms with Crippen LogP contribution in [0.25, 0.3) is 6.08 Å². The Kier molecular flexibility index (Phi) is 4.38. The molecule has 0 bridgehead atoms. The lowest BCUT2D eigenvalue weighted by Crippen LogP contribution is -2.27. The number of fused-ring (bicyclic) bond motifs is 1. The first-order valence-electron chi connectivity index (χ1n) is 7.76. The van der Waals surface area contributed by atoms with Gasteiger partial charge in [0.15, 0.2) is 5.78 Å². The first-order chi connectivity index (χ1) is 11.6. The summed E-state index contributed by atoms with van der Waals surface area (Å²) in [5.41, 5.74) is 4.37. The number of carbonyl (C=O) groups is 2. The molecule has 120 valence electrons. The number of nitrogens with zero attached hydrogens (tertiary/aromatic N) is 2. The van der Waals surface area contributed by atoms with Crippen LogP contribution in [0.3, 0.4) is 0 Å². The third-order valence-corrected chi connectivity index (χ3v) is 3.94. The minimum absolute atomic E-state index is 0.0130. The number of allylic oxidation sites excluding steroid dienone is 1. The Labute approximate surface area is 141 Å². The number of rotatable bonds is 3. The molecule has 1 amide bonds. The van der Waals surface area contributed by atoms with Gasteiger partial charge in [0.1, 0.15) is 6.54 Å². The molecule has 0 aliphatic carbocycles. The molecule has 1 aliphatic heterocycles. The summed E-state index contributed by atoms with van der Waals surface area (Å²) in [6.07, 6.45) is 3.28. The van der Waals surface area contributed by atoms with Gasteiger partial charge in [0, 0.05) is 18.2 Å². The standard InChI is InChI=1S/C20H18N2O2/c1-14(23)8-9-15-10-11-17-18(12-15)22(2)19(24)13-21-20(17)16-6-4-3-5-7-16/h3-12H,13H2,1-2H3/b9-8+. The molecule has 0 N–H and O–H groups in total. The van der Waals surface area contributed by atoms with Crippen LogP contribution in [-0.2, 0) is 9.59 Å². The first-order valence-corrected chi connectivity index (χ1v) is 7.76. The van der Waals surface area contributed by atoms with E-state index < -0.39 is 0 Å². The third kappa shape index (κ3) is 3.18. The van der Waals surface area contributed by atoms with Crippen LogP contribution in [0, 0.1) is 0 Å². The molecule has 4 heteroatoms. The molecule has 3 rings (SSSR count). The van der Waals surface area contributed by atoms with E-state index in [0.717, 1.165) is 28.1 Å². The van der Waals surface area contributed by atoms with Crippen molar-refractivity contribution in [2.75, 3.05) is 18.5 Å². The number of amides is 1. The van der Waals surface area contributed by atoms with Gasteiger partial charge in [0.25, 0.3) is 0 Å². The van der Waals surface area contributed by atoms with Gasteiger partial charge in [-0.2, -0.15) is 0 Å². The molecular formula is C20H18N2O2. The largest absolute Gasteiger partial charge is 0.313 e. The van der Waals surface area contributed by atoms with Gasteiger partial charge >= 0.3 is 0 Å². The van der Waals surface area contributed by atoms with Gasteiger partial charge in [-0.25, -0.2) is 0 Å². The number of ketones is 1. The Morgan fingerprint density at radius 3 is 2.62 bits per heavy atom. The summed E-state index contributed by atoms with van der Waals surface area (Å²) in [6, 6.07) is 15.6. The number of carbonyl (C=O) groups excluding carboxylic acids is 2. The number of anilines is 1. The fraction of sp³-hybridized carbons (Fsp3) is 0.150.